The molecule has 0 bridgehead atoms. The molecule has 0 atom stereocenters. The second-order valence-corrected chi connectivity index (χ2v) is 8.65. The highest BCUT2D eigenvalue weighted by Gasteiger charge is 2.36. The number of barbiturate groups is 1. The number of aryl methyl sites for hydroxylation is 1. The van der Waals surface area contributed by atoms with Gasteiger partial charge in [0.25, 0.3) is 17.7 Å². The van der Waals surface area contributed by atoms with Crippen molar-refractivity contribution in [3.8, 4) is 5.75 Å². The van der Waals surface area contributed by atoms with Gasteiger partial charge >= 0.3 is 6.03 Å². The van der Waals surface area contributed by atoms with Gasteiger partial charge in [-0.25, -0.2) is 9.69 Å². The minimum absolute atomic E-state index is 0.223. The lowest BCUT2D eigenvalue weighted by molar-refractivity contribution is -0.122. The van der Waals surface area contributed by atoms with Crippen LogP contribution in [-0.4, -0.2) is 30.4 Å². The molecule has 2 N–H and O–H groups in total. The van der Waals surface area contributed by atoms with Crippen molar-refractivity contribution in [2.24, 2.45) is 0 Å². The van der Waals surface area contributed by atoms with Crippen LogP contribution in [0.1, 0.15) is 11.1 Å². The standard InChI is InChI=1S/C26H19Cl2N3O5/c1-15-5-8-18(13-22(15)28)29-23(32)14-36-20-9-6-16(7-10-20)11-21-24(33)30-26(35)31(25(21)34)19-4-2-3-17(27)12-19/h2-13H,14H2,1H3,(H,29,32)(H,30,33,35)/b21-11+. The number of carbonyl (C=O) groups excluding carboxylic acids is 4. The van der Waals surface area contributed by atoms with E-state index in [1.807, 2.05) is 6.92 Å². The van der Waals surface area contributed by atoms with Gasteiger partial charge in [0, 0.05) is 15.7 Å². The summed E-state index contributed by atoms with van der Waals surface area (Å²) in [6.45, 7) is 1.63. The van der Waals surface area contributed by atoms with Gasteiger partial charge in [-0.3, -0.25) is 19.7 Å². The van der Waals surface area contributed by atoms with Crippen LogP contribution in [0.3, 0.4) is 0 Å². The fourth-order valence-corrected chi connectivity index (χ4v) is 3.72. The van der Waals surface area contributed by atoms with Crippen LogP contribution in [0.5, 0.6) is 5.75 Å². The van der Waals surface area contributed by atoms with Crippen LogP contribution < -0.4 is 20.3 Å². The quantitative estimate of drug-likeness (QED) is 0.350. The van der Waals surface area contributed by atoms with Crippen molar-refractivity contribution < 1.29 is 23.9 Å². The Morgan fingerprint density at radius 2 is 1.78 bits per heavy atom. The summed E-state index contributed by atoms with van der Waals surface area (Å²) >= 11 is 12.0. The Morgan fingerprint density at radius 3 is 2.47 bits per heavy atom. The van der Waals surface area contributed by atoms with Gasteiger partial charge in [-0.2, -0.15) is 0 Å². The Balaban J connectivity index is 1.42. The first-order valence-corrected chi connectivity index (χ1v) is 11.4. The molecule has 1 aliphatic rings. The van der Waals surface area contributed by atoms with Gasteiger partial charge in [0.05, 0.1) is 5.69 Å². The third-order valence-corrected chi connectivity index (χ3v) is 5.83. The summed E-state index contributed by atoms with van der Waals surface area (Å²) in [5.41, 5.74) is 1.98. The Labute approximate surface area is 216 Å². The first-order chi connectivity index (χ1) is 17.2. The molecular weight excluding hydrogens is 505 g/mol. The molecule has 1 saturated heterocycles. The van der Waals surface area contributed by atoms with Crippen LogP contribution in [-0.2, 0) is 14.4 Å². The molecule has 1 heterocycles. The highest BCUT2D eigenvalue weighted by atomic mass is 35.5. The summed E-state index contributed by atoms with van der Waals surface area (Å²) in [6, 6.07) is 16.9. The summed E-state index contributed by atoms with van der Waals surface area (Å²) < 4.78 is 5.50. The summed E-state index contributed by atoms with van der Waals surface area (Å²) in [5.74, 6) is -1.54. The molecule has 182 valence electrons. The number of amides is 5. The molecule has 3 aromatic rings. The molecule has 8 nitrogen and oxygen atoms in total. The van der Waals surface area contributed by atoms with Crippen LogP contribution in [0.4, 0.5) is 16.2 Å². The monoisotopic (exact) mass is 523 g/mol. The van der Waals surface area contributed by atoms with Crippen molar-refractivity contribution in [3.05, 3.63) is 93.5 Å². The second-order valence-electron chi connectivity index (χ2n) is 7.81. The molecule has 0 saturated carbocycles. The second kappa shape index (κ2) is 10.6. The van der Waals surface area contributed by atoms with E-state index in [2.05, 4.69) is 10.6 Å². The van der Waals surface area contributed by atoms with Gasteiger partial charge in [-0.1, -0.05) is 47.5 Å². The summed E-state index contributed by atoms with van der Waals surface area (Å²) in [4.78, 5) is 50.6. The molecule has 1 aliphatic heterocycles. The van der Waals surface area contributed by atoms with Crippen molar-refractivity contribution in [1.82, 2.24) is 5.32 Å². The SMILES string of the molecule is Cc1ccc(NC(=O)COc2ccc(/C=C3\C(=O)NC(=O)N(c4cccc(Cl)c4)C3=O)cc2)cc1Cl. The number of anilines is 2. The Hall–Kier alpha value is -4.14. The smallest absolute Gasteiger partial charge is 0.335 e. The lowest BCUT2D eigenvalue weighted by atomic mass is 10.1. The summed E-state index contributed by atoms with van der Waals surface area (Å²) in [5, 5.41) is 5.74. The van der Waals surface area contributed by atoms with Gasteiger partial charge in [-0.05, 0) is 66.6 Å². The highest BCUT2D eigenvalue weighted by molar-refractivity contribution is 6.39. The maximum atomic E-state index is 13.0. The molecule has 3 aromatic carbocycles. The lowest BCUT2D eigenvalue weighted by Gasteiger charge is -2.26. The molecule has 36 heavy (non-hydrogen) atoms. The van der Waals surface area contributed by atoms with E-state index < -0.39 is 17.8 Å². The van der Waals surface area contributed by atoms with E-state index in [9.17, 15) is 19.2 Å². The fraction of sp³-hybridized carbons (Fsp3) is 0.0769. The Bertz CT molecular complexity index is 1400. The molecule has 4 rings (SSSR count). The van der Waals surface area contributed by atoms with Gasteiger partial charge in [0.2, 0.25) is 0 Å². The van der Waals surface area contributed by atoms with Crippen molar-refractivity contribution >= 4 is 64.4 Å². The molecule has 0 radical (unpaired) electrons. The van der Waals surface area contributed by atoms with Crippen molar-refractivity contribution in [1.29, 1.82) is 0 Å². The number of nitrogens with one attached hydrogen (secondary N) is 2. The zero-order valence-corrected chi connectivity index (χ0v) is 20.4. The number of nitrogens with zero attached hydrogens (tertiary/aromatic N) is 1. The number of benzene rings is 3. The van der Waals surface area contributed by atoms with Crippen LogP contribution in [0, 0.1) is 6.92 Å². The van der Waals surface area contributed by atoms with E-state index >= 15 is 0 Å². The minimum atomic E-state index is -0.862. The summed E-state index contributed by atoms with van der Waals surface area (Å²) in [6.07, 6.45) is 1.36. The van der Waals surface area contributed by atoms with Crippen LogP contribution in [0.15, 0.2) is 72.3 Å². The molecule has 0 unspecified atom stereocenters. The lowest BCUT2D eigenvalue weighted by Crippen LogP contribution is -2.54. The topological polar surface area (TPSA) is 105 Å². The predicted octanol–water partition coefficient (Wildman–Crippen LogP) is 4.99. The molecule has 1 fully saturated rings. The van der Waals surface area contributed by atoms with Crippen LogP contribution >= 0.6 is 23.2 Å². The van der Waals surface area contributed by atoms with Gasteiger partial charge in [0.15, 0.2) is 6.61 Å². The minimum Gasteiger partial charge on any atom is -0.484 e. The zero-order valence-electron chi connectivity index (χ0n) is 18.9. The number of urea groups is 1. The van der Waals surface area contributed by atoms with Crippen molar-refractivity contribution in [2.75, 3.05) is 16.8 Å². The van der Waals surface area contributed by atoms with Crippen LogP contribution in [0.2, 0.25) is 10.0 Å². The number of ether oxygens (including phenoxy) is 1. The number of hydrogen-bond donors (Lipinski definition) is 2. The summed E-state index contributed by atoms with van der Waals surface area (Å²) in [7, 11) is 0. The first-order valence-electron chi connectivity index (χ1n) is 10.7. The number of halogens is 2. The number of rotatable bonds is 6. The van der Waals surface area contributed by atoms with Crippen LogP contribution in [0.25, 0.3) is 6.08 Å². The zero-order chi connectivity index (χ0) is 25.8. The molecule has 0 spiro atoms. The molecule has 0 aliphatic carbocycles. The third kappa shape index (κ3) is 5.73. The number of hydrogen-bond acceptors (Lipinski definition) is 5. The van der Waals surface area contributed by atoms with E-state index in [4.69, 9.17) is 27.9 Å². The first kappa shape index (κ1) is 25.0. The highest BCUT2D eigenvalue weighted by Crippen LogP contribution is 2.25. The van der Waals surface area contributed by atoms with Gasteiger partial charge in [-0.15, -0.1) is 0 Å². The molecule has 0 aromatic heterocycles. The van der Waals surface area contributed by atoms with Gasteiger partial charge < -0.3 is 10.1 Å². The van der Waals surface area contributed by atoms with Crippen molar-refractivity contribution in [2.45, 2.75) is 6.92 Å². The average molecular weight is 524 g/mol. The Kier molecular flexibility index (Phi) is 7.38. The molecular formula is C26H19Cl2N3O5. The number of carbonyl (C=O) groups is 4. The fourth-order valence-electron chi connectivity index (χ4n) is 3.35. The van der Waals surface area contributed by atoms with E-state index in [1.54, 1.807) is 54.6 Å². The Morgan fingerprint density at radius 1 is 1.03 bits per heavy atom. The van der Waals surface area contributed by atoms with Gasteiger partial charge in [0.1, 0.15) is 11.3 Å². The van der Waals surface area contributed by atoms with E-state index in [1.165, 1.54) is 18.2 Å². The van der Waals surface area contributed by atoms with Crippen molar-refractivity contribution in [3.63, 3.8) is 0 Å². The predicted molar refractivity (Wildman–Crippen MR) is 137 cm³/mol. The normalized spacial score (nSPS) is 14.6. The molecule has 5 amide bonds. The number of imide groups is 2. The maximum Gasteiger partial charge on any atom is 0.335 e. The third-order valence-electron chi connectivity index (χ3n) is 5.18. The van der Waals surface area contributed by atoms with E-state index in [0.717, 1.165) is 10.5 Å². The van der Waals surface area contributed by atoms with E-state index in [0.29, 0.717) is 27.0 Å². The average Bonchev–Trinajstić information content (AvgIpc) is 2.83. The van der Waals surface area contributed by atoms with E-state index in [-0.39, 0.29) is 23.8 Å². The molecule has 10 heteroatoms. The maximum absolute atomic E-state index is 13.0. The largest absolute Gasteiger partial charge is 0.484 e.